The van der Waals surface area contributed by atoms with Gasteiger partial charge in [0.1, 0.15) is 10.9 Å². The first-order valence-corrected chi connectivity index (χ1v) is 7.51. The van der Waals surface area contributed by atoms with Crippen molar-refractivity contribution in [2.24, 2.45) is 5.92 Å². The Morgan fingerprint density at radius 1 is 1.10 bits per heavy atom. The Morgan fingerprint density at radius 3 is 1.90 bits per heavy atom. The summed E-state index contributed by atoms with van der Waals surface area (Å²) in [4.78, 5) is 11.9. The number of esters is 1. The fraction of sp³-hybridized carbons (Fsp3) is 0.923. The van der Waals surface area contributed by atoms with Gasteiger partial charge in [0.15, 0.2) is 0 Å². The van der Waals surface area contributed by atoms with E-state index in [9.17, 15) is 26.7 Å². The van der Waals surface area contributed by atoms with E-state index in [0.29, 0.717) is 0 Å². The number of rotatable bonds is 6. The van der Waals surface area contributed by atoms with Gasteiger partial charge in [-0.25, -0.2) is 0 Å². The molecule has 0 heterocycles. The van der Waals surface area contributed by atoms with Gasteiger partial charge >= 0.3 is 18.1 Å². The molecule has 0 amide bonds. The van der Waals surface area contributed by atoms with Crippen molar-refractivity contribution < 1.29 is 31.5 Å². The van der Waals surface area contributed by atoms with Crippen LogP contribution in [0.3, 0.4) is 0 Å². The molecule has 0 radical (unpaired) electrons. The zero-order chi connectivity index (χ0) is 17.1. The van der Waals surface area contributed by atoms with Gasteiger partial charge in [-0.3, -0.25) is 4.79 Å². The van der Waals surface area contributed by atoms with Crippen LogP contribution in [0.2, 0.25) is 0 Å². The third-order valence-corrected chi connectivity index (χ3v) is 3.91. The third kappa shape index (κ3) is 7.33. The van der Waals surface area contributed by atoms with Gasteiger partial charge in [0.2, 0.25) is 0 Å². The Labute approximate surface area is 125 Å². The highest BCUT2D eigenvalue weighted by Gasteiger charge is 2.56. The van der Waals surface area contributed by atoms with Crippen LogP contribution in [0.4, 0.5) is 22.0 Å². The molecule has 0 aromatic carbocycles. The standard InChI is InChI=1S/C13H21F5O2S/c1-8(2)9(10(19)20-11(3,4)5)21-7-6-12(14,15)13(16,17)18/h8-9H,6-7H2,1-5H3. The van der Waals surface area contributed by atoms with Crippen molar-refractivity contribution in [1.82, 2.24) is 0 Å². The molecule has 0 rings (SSSR count). The zero-order valence-corrected chi connectivity index (χ0v) is 13.5. The first-order chi connectivity index (χ1) is 9.17. The van der Waals surface area contributed by atoms with E-state index >= 15 is 0 Å². The van der Waals surface area contributed by atoms with Crippen molar-refractivity contribution in [2.45, 2.75) is 64.0 Å². The van der Waals surface area contributed by atoms with Gasteiger partial charge in [-0.05, 0) is 26.7 Å². The molecular weight excluding hydrogens is 315 g/mol. The summed E-state index contributed by atoms with van der Waals surface area (Å²) in [7, 11) is 0. The maximum absolute atomic E-state index is 12.8. The van der Waals surface area contributed by atoms with Crippen LogP contribution in [-0.4, -0.2) is 34.7 Å². The van der Waals surface area contributed by atoms with Crippen molar-refractivity contribution in [1.29, 1.82) is 0 Å². The van der Waals surface area contributed by atoms with E-state index in [1.165, 1.54) is 0 Å². The van der Waals surface area contributed by atoms with Crippen molar-refractivity contribution in [3.63, 3.8) is 0 Å². The maximum Gasteiger partial charge on any atom is 0.453 e. The number of carbonyl (C=O) groups is 1. The van der Waals surface area contributed by atoms with E-state index in [4.69, 9.17) is 4.74 Å². The Morgan fingerprint density at radius 2 is 1.57 bits per heavy atom. The van der Waals surface area contributed by atoms with Crippen LogP contribution < -0.4 is 0 Å². The summed E-state index contributed by atoms with van der Waals surface area (Å²) in [5.74, 6) is -6.05. The molecule has 2 nitrogen and oxygen atoms in total. The number of ether oxygens (including phenoxy) is 1. The van der Waals surface area contributed by atoms with Gasteiger partial charge in [0, 0.05) is 12.2 Å². The molecule has 0 saturated heterocycles. The minimum atomic E-state index is -5.56. The van der Waals surface area contributed by atoms with Crippen LogP contribution in [0.15, 0.2) is 0 Å². The van der Waals surface area contributed by atoms with Crippen molar-refractivity contribution in [3.8, 4) is 0 Å². The fourth-order valence-electron chi connectivity index (χ4n) is 1.35. The molecule has 0 N–H and O–H groups in total. The van der Waals surface area contributed by atoms with Gasteiger partial charge in [0.25, 0.3) is 0 Å². The zero-order valence-electron chi connectivity index (χ0n) is 12.7. The number of carbonyl (C=O) groups excluding carboxylic acids is 1. The van der Waals surface area contributed by atoms with Crippen molar-refractivity contribution in [3.05, 3.63) is 0 Å². The van der Waals surface area contributed by atoms with Crippen molar-refractivity contribution in [2.75, 3.05) is 5.75 Å². The maximum atomic E-state index is 12.8. The average molecular weight is 336 g/mol. The monoisotopic (exact) mass is 336 g/mol. The Kier molecular flexibility index (Phi) is 6.97. The number of thioether (sulfide) groups is 1. The SMILES string of the molecule is CC(C)C(SCCC(F)(F)C(F)(F)F)C(=O)OC(C)(C)C. The van der Waals surface area contributed by atoms with Crippen LogP contribution in [0.1, 0.15) is 41.0 Å². The Bertz CT molecular complexity index is 347. The van der Waals surface area contributed by atoms with Crippen LogP contribution in [0.25, 0.3) is 0 Å². The quantitative estimate of drug-likeness (QED) is 0.521. The minimum Gasteiger partial charge on any atom is -0.459 e. The smallest absolute Gasteiger partial charge is 0.453 e. The molecule has 1 unspecified atom stereocenters. The summed E-state index contributed by atoms with van der Waals surface area (Å²) in [5.41, 5.74) is -0.735. The average Bonchev–Trinajstić information content (AvgIpc) is 2.19. The molecule has 0 aliphatic carbocycles. The molecule has 0 aliphatic rings. The van der Waals surface area contributed by atoms with Crippen LogP contribution >= 0.6 is 11.8 Å². The summed E-state index contributed by atoms with van der Waals surface area (Å²) in [6.07, 6.45) is -6.92. The predicted octanol–water partition coefficient (Wildman–Crippen LogP) is 4.67. The van der Waals surface area contributed by atoms with Crippen molar-refractivity contribution >= 4 is 17.7 Å². The largest absolute Gasteiger partial charge is 0.459 e. The summed E-state index contributed by atoms with van der Waals surface area (Å²) in [6.45, 7) is 8.34. The first-order valence-electron chi connectivity index (χ1n) is 6.46. The molecule has 0 fully saturated rings. The van der Waals surface area contributed by atoms with Gasteiger partial charge in [-0.2, -0.15) is 22.0 Å². The number of hydrogen-bond acceptors (Lipinski definition) is 3. The Hall–Kier alpha value is -0.530. The molecule has 0 aliphatic heterocycles. The molecule has 0 saturated carbocycles. The lowest BCUT2D eigenvalue weighted by atomic mass is 10.1. The summed E-state index contributed by atoms with van der Waals surface area (Å²) in [5, 5.41) is -0.770. The molecule has 0 spiro atoms. The third-order valence-electron chi connectivity index (χ3n) is 2.37. The number of alkyl halides is 5. The van der Waals surface area contributed by atoms with E-state index in [2.05, 4.69) is 0 Å². The van der Waals surface area contributed by atoms with Crippen LogP contribution in [-0.2, 0) is 9.53 Å². The predicted molar refractivity (Wildman–Crippen MR) is 72.5 cm³/mol. The lowest BCUT2D eigenvalue weighted by Crippen LogP contribution is -2.37. The van der Waals surface area contributed by atoms with E-state index in [-0.39, 0.29) is 5.92 Å². The molecule has 0 aromatic rings. The first kappa shape index (κ1) is 20.5. The molecular formula is C13H21F5O2S. The second-order valence-electron chi connectivity index (χ2n) is 6.02. The minimum absolute atomic E-state index is 0.232. The molecule has 0 aromatic heterocycles. The second kappa shape index (κ2) is 7.15. The molecule has 1 atom stereocenters. The van der Waals surface area contributed by atoms with E-state index in [1.807, 2.05) is 0 Å². The highest BCUT2D eigenvalue weighted by molar-refractivity contribution is 8.00. The Balaban J connectivity index is 4.59. The van der Waals surface area contributed by atoms with Gasteiger partial charge in [-0.1, -0.05) is 13.8 Å². The summed E-state index contributed by atoms with van der Waals surface area (Å²) in [6, 6.07) is 0. The van der Waals surface area contributed by atoms with E-state index < -0.39 is 41.1 Å². The number of hydrogen-bond donors (Lipinski definition) is 0. The fourth-order valence-corrected chi connectivity index (χ4v) is 2.55. The van der Waals surface area contributed by atoms with Crippen LogP contribution in [0, 0.1) is 5.92 Å². The molecule has 0 bridgehead atoms. The van der Waals surface area contributed by atoms with E-state index in [1.54, 1.807) is 34.6 Å². The molecule has 8 heteroatoms. The summed E-state index contributed by atoms with van der Waals surface area (Å²) >= 11 is 0.767. The summed E-state index contributed by atoms with van der Waals surface area (Å²) < 4.78 is 66.9. The van der Waals surface area contributed by atoms with Crippen LogP contribution in [0.5, 0.6) is 0 Å². The van der Waals surface area contributed by atoms with Gasteiger partial charge < -0.3 is 4.74 Å². The van der Waals surface area contributed by atoms with Gasteiger partial charge in [-0.15, -0.1) is 11.8 Å². The highest BCUT2D eigenvalue weighted by Crippen LogP contribution is 2.39. The highest BCUT2D eigenvalue weighted by atomic mass is 32.2. The number of halogens is 5. The van der Waals surface area contributed by atoms with E-state index in [0.717, 1.165) is 11.8 Å². The lowest BCUT2D eigenvalue weighted by molar-refractivity contribution is -0.282. The topological polar surface area (TPSA) is 26.3 Å². The molecule has 126 valence electrons. The lowest BCUT2D eigenvalue weighted by Gasteiger charge is -2.26. The second-order valence-corrected chi connectivity index (χ2v) is 7.27. The van der Waals surface area contributed by atoms with Gasteiger partial charge in [0.05, 0.1) is 0 Å². The molecule has 21 heavy (non-hydrogen) atoms. The normalized spacial score (nSPS) is 15.2.